The number of nitrogens with zero attached hydrogens (tertiary/aromatic N) is 5. The summed E-state index contributed by atoms with van der Waals surface area (Å²) in [5.74, 6) is 3.67. The second-order valence-electron chi connectivity index (χ2n) is 11.7. The van der Waals surface area contributed by atoms with Crippen LogP contribution in [0, 0.1) is 29.1 Å². The lowest BCUT2D eigenvalue weighted by molar-refractivity contribution is -0.144. The highest BCUT2D eigenvalue weighted by molar-refractivity contribution is 5.87. The van der Waals surface area contributed by atoms with Gasteiger partial charge in [-0.15, -0.1) is 0 Å². The molecular formula is C25H35N5O3. The summed E-state index contributed by atoms with van der Waals surface area (Å²) in [7, 11) is 3.16. The van der Waals surface area contributed by atoms with Gasteiger partial charge in [-0.3, -0.25) is 23.3 Å². The fourth-order valence-electron chi connectivity index (χ4n) is 7.80. The van der Waals surface area contributed by atoms with Gasteiger partial charge in [0.1, 0.15) is 0 Å². The van der Waals surface area contributed by atoms with Crippen LogP contribution in [0.3, 0.4) is 0 Å². The standard InChI is InChI=1S/C25H35N5O3/c1-15-4-6-29(7-5-15)23-26-21-20(22(32)28(3)24(33)27(21)2)30(23)14-19(31)25-11-16-8-17(12-25)10-18(9-16)13-25/h15-18H,4-14H2,1-3H3. The maximum absolute atomic E-state index is 14.0. The minimum absolute atomic E-state index is 0.178. The number of Topliss-reactive ketones (excluding diaryl/α,β-unsaturated/α-hetero) is 1. The maximum Gasteiger partial charge on any atom is 0.332 e. The topological polar surface area (TPSA) is 82.1 Å². The number of ketones is 1. The first kappa shape index (κ1) is 21.2. The molecule has 4 saturated carbocycles. The van der Waals surface area contributed by atoms with Gasteiger partial charge >= 0.3 is 5.69 Å². The summed E-state index contributed by atoms with van der Waals surface area (Å²) >= 11 is 0. The summed E-state index contributed by atoms with van der Waals surface area (Å²) in [4.78, 5) is 46.9. The smallest absolute Gasteiger partial charge is 0.332 e. The van der Waals surface area contributed by atoms with E-state index in [9.17, 15) is 14.4 Å². The summed E-state index contributed by atoms with van der Waals surface area (Å²) in [5, 5.41) is 0. The third-order valence-electron chi connectivity index (χ3n) is 9.33. The number of carbonyl (C=O) groups excluding carboxylic acids is 1. The van der Waals surface area contributed by atoms with Crippen LogP contribution in [0.4, 0.5) is 5.95 Å². The van der Waals surface area contributed by atoms with Gasteiger partial charge in [-0.05, 0) is 75.0 Å². The molecule has 33 heavy (non-hydrogen) atoms. The highest BCUT2D eigenvalue weighted by atomic mass is 16.2. The van der Waals surface area contributed by atoms with Crippen LogP contribution in [-0.4, -0.2) is 37.6 Å². The van der Waals surface area contributed by atoms with Gasteiger partial charge in [-0.1, -0.05) is 6.92 Å². The first-order valence-electron chi connectivity index (χ1n) is 12.7. The molecule has 1 saturated heterocycles. The molecule has 3 heterocycles. The molecule has 8 heteroatoms. The Morgan fingerprint density at radius 2 is 1.55 bits per heavy atom. The Kier molecular flexibility index (Phi) is 4.69. The van der Waals surface area contributed by atoms with Crippen molar-refractivity contribution >= 4 is 22.9 Å². The van der Waals surface area contributed by atoms with Crippen molar-refractivity contribution in [2.75, 3.05) is 18.0 Å². The molecule has 5 fully saturated rings. The molecule has 0 amide bonds. The Hall–Kier alpha value is -2.38. The van der Waals surface area contributed by atoms with Crippen molar-refractivity contribution in [2.24, 2.45) is 43.2 Å². The number of piperidine rings is 1. The lowest BCUT2D eigenvalue weighted by Crippen LogP contribution is -2.51. The van der Waals surface area contributed by atoms with Crippen LogP contribution in [0.15, 0.2) is 9.59 Å². The molecule has 2 aromatic rings. The van der Waals surface area contributed by atoms with E-state index in [1.807, 2.05) is 4.57 Å². The van der Waals surface area contributed by atoms with E-state index >= 15 is 0 Å². The zero-order valence-corrected chi connectivity index (χ0v) is 20.0. The molecule has 0 N–H and O–H groups in total. The van der Waals surface area contributed by atoms with E-state index in [1.54, 1.807) is 7.05 Å². The van der Waals surface area contributed by atoms with Gasteiger partial charge in [0.25, 0.3) is 5.56 Å². The Morgan fingerprint density at radius 3 is 2.12 bits per heavy atom. The zero-order chi connectivity index (χ0) is 23.1. The van der Waals surface area contributed by atoms with Crippen LogP contribution < -0.4 is 16.1 Å². The number of aryl methyl sites for hydroxylation is 1. The number of rotatable bonds is 4. The van der Waals surface area contributed by atoms with Crippen molar-refractivity contribution < 1.29 is 4.79 Å². The molecule has 4 aliphatic carbocycles. The van der Waals surface area contributed by atoms with Crippen LogP contribution in [0.1, 0.15) is 58.3 Å². The molecule has 0 atom stereocenters. The molecule has 0 aromatic carbocycles. The van der Waals surface area contributed by atoms with E-state index in [0.29, 0.717) is 40.8 Å². The van der Waals surface area contributed by atoms with Crippen molar-refractivity contribution in [3.8, 4) is 0 Å². The Bertz CT molecular complexity index is 1210. The molecule has 0 radical (unpaired) electrons. The predicted octanol–water partition coefficient (Wildman–Crippen LogP) is 2.46. The van der Waals surface area contributed by atoms with Crippen molar-refractivity contribution in [2.45, 2.75) is 64.8 Å². The summed E-state index contributed by atoms with van der Waals surface area (Å²) in [5.41, 5.74) is -0.217. The first-order valence-corrected chi connectivity index (χ1v) is 12.7. The normalized spacial score (nSPS) is 31.6. The minimum Gasteiger partial charge on any atom is -0.342 e. The van der Waals surface area contributed by atoms with E-state index in [0.717, 1.165) is 49.8 Å². The number of carbonyl (C=O) groups is 1. The van der Waals surface area contributed by atoms with Crippen LogP contribution >= 0.6 is 0 Å². The van der Waals surface area contributed by atoms with Gasteiger partial charge in [0.2, 0.25) is 5.95 Å². The number of fused-ring (bicyclic) bond motifs is 1. The van der Waals surface area contributed by atoms with Gasteiger partial charge in [-0.2, -0.15) is 4.98 Å². The SMILES string of the molecule is CC1CCN(c2nc3c(c(=O)n(C)c(=O)n3C)n2CC(=O)C23CC4CC(CC(C4)C2)C3)CC1. The van der Waals surface area contributed by atoms with Gasteiger partial charge in [0.15, 0.2) is 16.9 Å². The fourth-order valence-corrected chi connectivity index (χ4v) is 7.80. The highest BCUT2D eigenvalue weighted by Gasteiger charge is 2.54. The predicted molar refractivity (Wildman–Crippen MR) is 126 cm³/mol. The van der Waals surface area contributed by atoms with Gasteiger partial charge in [-0.25, -0.2) is 4.79 Å². The first-order chi connectivity index (χ1) is 15.8. The summed E-state index contributed by atoms with van der Waals surface area (Å²) in [6, 6.07) is 0. The molecule has 1 aliphatic heterocycles. The number of imidazole rings is 1. The maximum atomic E-state index is 14.0. The second kappa shape index (κ2) is 7.31. The quantitative estimate of drug-likeness (QED) is 0.710. The summed E-state index contributed by atoms with van der Waals surface area (Å²) in [6.07, 6.45) is 9.03. The monoisotopic (exact) mass is 453 g/mol. The summed E-state index contributed by atoms with van der Waals surface area (Å²) < 4.78 is 4.43. The Morgan fingerprint density at radius 1 is 0.970 bits per heavy atom. The molecule has 5 aliphatic rings. The van der Waals surface area contributed by atoms with Crippen LogP contribution in [0.25, 0.3) is 11.2 Å². The van der Waals surface area contributed by atoms with Crippen molar-refractivity contribution in [3.05, 3.63) is 20.8 Å². The third kappa shape index (κ3) is 3.16. The molecule has 178 valence electrons. The average molecular weight is 454 g/mol. The van der Waals surface area contributed by atoms with E-state index < -0.39 is 0 Å². The molecule has 0 spiro atoms. The van der Waals surface area contributed by atoms with Gasteiger partial charge in [0, 0.05) is 32.6 Å². The van der Waals surface area contributed by atoms with Crippen LogP contribution in [0.5, 0.6) is 0 Å². The molecule has 2 aromatic heterocycles. The summed E-state index contributed by atoms with van der Waals surface area (Å²) in [6.45, 7) is 4.14. The van der Waals surface area contributed by atoms with E-state index in [2.05, 4.69) is 11.8 Å². The molecule has 8 nitrogen and oxygen atoms in total. The van der Waals surface area contributed by atoms with E-state index in [-0.39, 0.29) is 29.0 Å². The largest absolute Gasteiger partial charge is 0.342 e. The second-order valence-corrected chi connectivity index (χ2v) is 11.7. The van der Waals surface area contributed by atoms with Gasteiger partial charge in [0.05, 0.1) is 6.54 Å². The Balaban J connectivity index is 1.45. The van der Waals surface area contributed by atoms with Crippen molar-refractivity contribution in [1.82, 2.24) is 18.7 Å². The van der Waals surface area contributed by atoms with Gasteiger partial charge < -0.3 is 4.90 Å². The average Bonchev–Trinajstić information content (AvgIpc) is 3.15. The minimum atomic E-state index is -0.386. The highest BCUT2D eigenvalue weighted by Crippen LogP contribution is 2.60. The van der Waals surface area contributed by atoms with E-state index in [4.69, 9.17) is 4.98 Å². The van der Waals surface area contributed by atoms with E-state index in [1.165, 1.54) is 30.9 Å². The van der Waals surface area contributed by atoms with Crippen molar-refractivity contribution in [3.63, 3.8) is 0 Å². The Labute approximate surface area is 193 Å². The van der Waals surface area contributed by atoms with Crippen LogP contribution in [-0.2, 0) is 25.4 Å². The number of hydrogen-bond donors (Lipinski definition) is 0. The number of hydrogen-bond acceptors (Lipinski definition) is 5. The lowest BCUT2D eigenvalue weighted by atomic mass is 9.48. The zero-order valence-electron chi connectivity index (χ0n) is 20.0. The fraction of sp³-hybridized carbons (Fsp3) is 0.760. The lowest BCUT2D eigenvalue weighted by Gasteiger charge is -2.56. The molecule has 7 rings (SSSR count). The number of anilines is 1. The molecule has 4 bridgehead atoms. The van der Waals surface area contributed by atoms with Crippen molar-refractivity contribution in [1.29, 1.82) is 0 Å². The third-order valence-corrected chi connectivity index (χ3v) is 9.33. The van der Waals surface area contributed by atoms with Crippen LogP contribution in [0.2, 0.25) is 0 Å². The molecule has 0 unspecified atom stereocenters. The molecular weight excluding hydrogens is 418 g/mol. The number of aromatic nitrogens is 4.